The Labute approximate surface area is 91.1 Å². The first-order chi connectivity index (χ1) is 5.77. The highest BCUT2D eigenvalue weighted by atomic mass is 79.9. The van der Waals surface area contributed by atoms with E-state index in [-0.39, 0.29) is 0 Å². The quantitative estimate of drug-likeness (QED) is 0.695. The molecule has 0 saturated carbocycles. The van der Waals surface area contributed by atoms with Crippen LogP contribution in [0.3, 0.4) is 0 Å². The summed E-state index contributed by atoms with van der Waals surface area (Å²) in [5.41, 5.74) is 0. The van der Waals surface area contributed by atoms with Crippen LogP contribution in [-0.2, 0) is 0 Å². The summed E-state index contributed by atoms with van der Waals surface area (Å²) in [4.78, 5) is 1.40. The molecular weight excluding hydrogens is 256 g/mol. The minimum absolute atomic E-state index is 0.646. The van der Waals surface area contributed by atoms with Crippen LogP contribution in [0, 0.1) is 0 Å². The Kier molecular flexibility index (Phi) is 4.62. The van der Waals surface area contributed by atoms with Crippen LogP contribution < -0.4 is 0 Å². The molecule has 1 heterocycles. The van der Waals surface area contributed by atoms with Crippen molar-refractivity contribution in [3.05, 3.63) is 21.3 Å². The van der Waals surface area contributed by atoms with Crippen LogP contribution in [0.5, 0.6) is 0 Å². The largest absolute Gasteiger partial charge is 0.128 e. The Morgan fingerprint density at radius 3 is 2.75 bits per heavy atom. The van der Waals surface area contributed by atoms with Gasteiger partial charge in [0.05, 0.1) is 4.34 Å². The molecule has 1 atom stereocenters. The van der Waals surface area contributed by atoms with E-state index in [0.717, 1.165) is 9.67 Å². The lowest BCUT2D eigenvalue weighted by Crippen LogP contribution is -1.96. The molecule has 0 saturated heterocycles. The Morgan fingerprint density at radius 2 is 2.33 bits per heavy atom. The summed E-state index contributed by atoms with van der Waals surface area (Å²) in [6.45, 7) is 2.21. The van der Waals surface area contributed by atoms with Crippen molar-refractivity contribution in [3.63, 3.8) is 0 Å². The first-order valence-electron chi connectivity index (χ1n) is 4.09. The lowest BCUT2D eigenvalue weighted by Gasteiger charge is -2.09. The van der Waals surface area contributed by atoms with Crippen LogP contribution in [-0.4, -0.2) is 5.33 Å². The summed E-state index contributed by atoms with van der Waals surface area (Å²) in [6.07, 6.45) is 2.47. The zero-order valence-electron chi connectivity index (χ0n) is 7.02. The molecule has 0 N–H and O–H groups in total. The van der Waals surface area contributed by atoms with Crippen molar-refractivity contribution >= 4 is 38.9 Å². The maximum atomic E-state index is 5.86. The summed E-state index contributed by atoms with van der Waals surface area (Å²) in [7, 11) is 0. The SMILES string of the molecule is CCCC(CBr)c1ccc(Cl)s1. The fraction of sp³-hybridized carbons (Fsp3) is 0.556. The van der Waals surface area contributed by atoms with Gasteiger partial charge < -0.3 is 0 Å². The molecule has 0 bridgehead atoms. The van der Waals surface area contributed by atoms with Crippen molar-refractivity contribution in [3.8, 4) is 0 Å². The molecule has 1 unspecified atom stereocenters. The van der Waals surface area contributed by atoms with Crippen LogP contribution >= 0.6 is 38.9 Å². The topological polar surface area (TPSA) is 0 Å². The van der Waals surface area contributed by atoms with Crippen molar-refractivity contribution < 1.29 is 0 Å². The van der Waals surface area contributed by atoms with Gasteiger partial charge in [0.25, 0.3) is 0 Å². The summed E-state index contributed by atoms with van der Waals surface area (Å²) >= 11 is 11.1. The minimum atomic E-state index is 0.646. The second-order valence-corrected chi connectivity index (χ2v) is 5.18. The van der Waals surface area contributed by atoms with Gasteiger partial charge in [0.1, 0.15) is 0 Å². The van der Waals surface area contributed by atoms with Crippen molar-refractivity contribution in [2.75, 3.05) is 5.33 Å². The molecule has 3 heteroatoms. The third kappa shape index (κ3) is 2.75. The Balaban J connectivity index is 2.66. The van der Waals surface area contributed by atoms with Gasteiger partial charge in [-0.15, -0.1) is 11.3 Å². The monoisotopic (exact) mass is 266 g/mol. The molecular formula is C9H12BrClS. The minimum Gasteiger partial charge on any atom is -0.128 e. The van der Waals surface area contributed by atoms with Crippen LogP contribution in [0.25, 0.3) is 0 Å². The van der Waals surface area contributed by atoms with E-state index in [0.29, 0.717) is 5.92 Å². The third-order valence-electron chi connectivity index (χ3n) is 1.82. The average Bonchev–Trinajstić information content (AvgIpc) is 2.47. The van der Waals surface area contributed by atoms with E-state index in [4.69, 9.17) is 11.6 Å². The van der Waals surface area contributed by atoms with Gasteiger partial charge in [0.2, 0.25) is 0 Å². The molecule has 12 heavy (non-hydrogen) atoms. The van der Waals surface area contributed by atoms with Gasteiger partial charge in [-0.2, -0.15) is 0 Å². The van der Waals surface area contributed by atoms with E-state index < -0.39 is 0 Å². The van der Waals surface area contributed by atoms with E-state index in [2.05, 4.69) is 28.9 Å². The maximum Gasteiger partial charge on any atom is 0.0931 e. The maximum absolute atomic E-state index is 5.86. The van der Waals surface area contributed by atoms with Crippen molar-refractivity contribution in [1.82, 2.24) is 0 Å². The molecule has 0 radical (unpaired) electrons. The zero-order chi connectivity index (χ0) is 8.97. The Hall–Kier alpha value is 0.470. The van der Waals surface area contributed by atoms with Gasteiger partial charge in [-0.25, -0.2) is 0 Å². The summed E-state index contributed by atoms with van der Waals surface area (Å²) in [5.74, 6) is 0.646. The van der Waals surface area contributed by atoms with E-state index in [1.807, 2.05) is 6.07 Å². The standard InChI is InChI=1S/C9H12BrClS/c1-2-3-7(6-10)8-4-5-9(11)12-8/h4-5,7H,2-3,6H2,1H3. The van der Waals surface area contributed by atoms with Gasteiger partial charge in [-0.1, -0.05) is 40.9 Å². The van der Waals surface area contributed by atoms with E-state index in [1.165, 1.54) is 17.7 Å². The van der Waals surface area contributed by atoms with Crippen molar-refractivity contribution in [2.24, 2.45) is 0 Å². The first kappa shape index (κ1) is 10.6. The highest BCUT2D eigenvalue weighted by Gasteiger charge is 2.10. The number of alkyl halides is 1. The highest BCUT2D eigenvalue weighted by Crippen LogP contribution is 2.31. The molecule has 1 aromatic heterocycles. The molecule has 0 spiro atoms. The van der Waals surface area contributed by atoms with Crippen LogP contribution in [0.1, 0.15) is 30.6 Å². The highest BCUT2D eigenvalue weighted by molar-refractivity contribution is 9.09. The number of hydrogen-bond donors (Lipinski definition) is 0. The molecule has 1 rings (SSSR count). The second-order valence-electron chi connectivity index (χ2n) is 2.78. The Morgan fingerprint density at radius 1 is 1.58 bits per heavy atom. The smallest absolute Gasteiger partial charge is 0.0931 e. The van der Waals surface area contributed by atoms with Crippen LogP contribution in [0.4, 0.5) is 0 Å². The van der Waals surface area contributed by atoms with Crippen LogP contribution in [0.15, 0.2) is 12.1 Å². The molecule has 1 aromatic rings. The molecule has 0 nitrogen and oxygen atoms in total. The van der Waals surface area contributed by atoms with Crippen molar-refractivity contribution in [2.45, 2.75) is 25.7 Å². The lowest BCUT2D eigenvalue weighted by atomic mass is 10.1. The molecule has 0 fully saturated rings. The molecule has 0 aliphatic heterocycles. The van der Waals surface area contributed by atoms with Crippen molar-refractivity contribution in [1.29, 1.82) is 0 Å². The Bertz CT molecular complexity index is 234. The summed E-state index contributed by atoms with van der Waals surface area (Å²) < 4.78 is 0.895. The summed E-state index contributed by atoms with van der Waals surface area (Å²) in [6, 6.07) is 4.11. The van der Waals surface area contributed by atoms with E-state index in [9.17, 15) is 0 Å². The molecule has 0 aliphatic carbocycles. The van der Waals surface area contributed by atoms with Gasteiger partial charge in [0, 0.05) is 16.1 Å². The third-order valence-corrected chi connectivity index (χ3v) is 3.99. The molecule has 0 aliphatic rings. The predicted molar refractivity (Wildman–Crippen MR) is 60.8 cm³/mol. The summed E-state index contributed by atoms with van der Waals surface area (Å²) in [5, 5.41) is 1.04. The molecule has 0 amide bonds. The van der Waals surface area contributed by atoms with E-state index >= 15 is 0 Å². The van der Waals surface area contributed by atoms with E-state index in [1.54, 1.807) is 11.3 Å². The number of rotatable bonds is 4. The first-order valence-corrected chi connectivity index (χ1v) is 6.40. The number of thiophene rings is 1. The number of hydrogen-bond acceptors (Lipinski definition) is 1. The predicted octanol–water partition coefficient (Wildman–Crippen LogP) is 4.68. The van der Waals surface area contributed by atoms with Gasteiger partial charge in [-0.3, -0.25) is 0 Å². The fourth-order valence-electron chi connectivity index (χ4n) is 1.19. The van der Waals surface area contributed by atoms with Gasteiger partial charge in [-0.05, 0) is 18.6 Å². The molecule has 0 aromatic carbocycles. The number of halogens is 2. The average molecular weight is 268 g/mol. The second kappa shape index (κ2) is 5.25. The van der Waals surface area contributed by atoms with Crippen LogP contribution in [0.2, 0.25) is 4.34 Å². The molecule has 68 valence electrons. The fourth-order valence-corrected chi connectivity index (χ4v) is 3.27. The zero-order valence-corrected chi connectivity index (χ0v) is 10.2. The normalized spacial score (nSPS) is 13.2. The van der Waals surface area contributed by atoms with Gasteiger partial charge in [0.15, 0.2) is 0 Å². The van der Waals surface area contributed by atoms with Gasteiger partial charge >= 0.3 is 0 Å². The lowest BCUT2D eigenvalue weighted by molar-refractivity contribution is 0.686.